The zero-order valence-corrected chi connectivity index (χ0v) is 9.55. The van der Waals surface area contributed by atoms with Crippen LogP contribution in [0, 0.1) is 0 Å². The van der Waals surface area contributed by atoms with Crippen LogP contribution in [0.25, 0.3) is 0 Å². The van der Waals surface area contributed by atoms with Gasteiger partial charge in [0.1, 0.15) is 0 Å². The predicted octanol–water partition coefficient (Wildman–Crippen LogP) is 2.71. The van der Waals surface area contributed by atoms with Crippen molar-refractivity contribution >= 4 is 26.7 Å². The Kier molecular flexibility index (Phi) is 9.22. The van der Waals surface area contributed by atoms with E-state index in [1.807, 2.05) is 6.92 Å². The Labute approximate surface area is 80.5 Å². The molecule has 0 fully saturated rings. The highest BCUT2D eigenvalue weighted by Crippen LogP contribution is 2.02. The molecule has 68 valence electrons. The van der Waals surface area contributed by atoms with Crippen molar-refractivity contribution in [3.63, 3.8) is 0 Å². The highest BCUT2D eigenvalue weighted by molar-refractivity contribution is 9.09. The van der Waals surface area contributed by atoms with Crippen molar-refractivity contribution in [2.75, 3.05) is 16.8 Å². The molecule has 11 heavy (non-hydrogen) atoms. The van der Waals surface area contributed by atoms with Crippen LogP contribution in [0.4, 0.5) is 0 Å². The second-order valence-electron chi connectivity index (χ2n) is 2.54. The lowest BCUT2D eigenvalue weighted by atomic mass is 10.2. The van der Waals surface area contributed by atoms with Gasteiger partial charge < -0.3 is 0 Å². The average Bonchev–Trinajstić information content (AvgIpc) is 2.04. The van der Waals surface area contributed by atoms with Gasteiger partial charge in [-0.1, -0.05) is 35.7 Å². The molecule has 3 heteroatoms. The molecule has 0 heterocycles. The van der Waals surface area contributed by atoms with Gasteiger partial charge in [-0.2, -0.15) is 0 Å². The van der Waals surface area contributed by atoms with Crippen LogP contribution < -0.4 is 0 Å². The first-order valence-electron chi connectivity index (χ1n) is 4.22. The Morgan fingerprint density at radius 3 is 2.36 bits per heavy atom. The van der Waals surface area contributed by atoms with E-state index in [2.05, 4.69) is 15.9 Å². The topological polar surface area (TPSA) is 17.1 Å². The van der Waals surface area contributed by atoms with Gasteiger partial charge in [-0.3, -0.25) is 4.21 Å². The second kappa shape index (κ2) is 8.72. The van der Waals surface area contributed by atoms with Gasteiger partial charge in [-0.05, 0) is 12.8 Å². The minimum absolute atomic E-state index is 0.544. The summed E-state index contributed by atoms with van der Waals surface area (Å²) in [7, 11) is -0.544. The normalized spacial score (nSPS) is 13.3. The number of rotatable bonds is 7. The van der Waals surface area contributed by atoms with Crippen molar-refractivity contribution < 1.29 is 4.21 Å². The number of hydrogen-bond donors (Lipinski definition) is 0. The molecule has 0 aromatic carbocycles. The SMILES string of the molecule is CCS(=O)CCCCCCBr. The van der Waals surface area contributed by atoms with E-state index in [9.17, 15) is 4.21 Å². The van der Waals surface area contributed by atoms with Crippen LogP contribution in [-0.4, -0.2) is 21.0 Å². The van der Waals surface area contributed by atoms with E-state index in [4.69, 9.17) is 0 Å². The standard InChI is InChI=1S/C8H17BrOS/c1-2-11(10)8-6-4-3-5-7-9/h2-8H2,1H3. The van der Waals surface area contributed by atoms with Crippen molar-refractivity contribution in [2.24, 2.45) is 0 Å². The molecule has 0 aromatic rings. The summed E-state index contributed by atoms with van der Waals surface area (Å²) < 4.78 is 10.9. The third-order valence-corrected chi connectivity index (χ3v) is 3.53. The van der Waals surface area contributed by atoms with E-state index >= 15 is 0 Å². The van der Waals surface area contributed by atoms with Crippen molar-refractivity contribution in [1.82, 2.24) is 0 Å². The third kappa shape index (κ3) is 8.54. The van der Waals surface area contributed by atoms with Crippen molar-refractivity contribution in [1.29, 1.82) is 0 Å². The van der Waals surface area contributed by atoms with Gasteiger partial charge in [0.25, 0.3) is 0 Å². The number of unbranched alkanes of at least 4 members (excludes halogenated alkanes) is 3. The first-order valence-corrected chi connectivity index (χ1v) is 6.83. The minimum atomic E-state index is -0.544. The Morgan fingerprint density at radius 2 is 1.82 bits per heavy atom. The Morgan fingerprint density at radius 1 is 1.18 bits per heavy atom. The summed E-state index contributed by atoms with van der Waals surface area (Å²) in [5.74, 6) is 1.72. The lowest BCUT2D eigenvalue weighted by Gasteiger charge is -1.98. The summed E-state index contributed by atoms with van der Waals surface area (Å²) in [5.41, 5.74) is 0. The number of alkyl halides is 1. The molecule has 0 N–H and O–H groups in total. The fraction of sp³-hybridized carbons (Fsp3) is 1.00. The zero-order valence-electron chi connectivity index (χ0n) is 7.14. The molecule has 1 unspecified atom stereocenters. The molecule has 0 radical (unpaired) electrons. The summed E-state index contributed by atoms with van der Waals surface area (Å²) in [6, 6.07) is 0. The van der Waals surface area contributed by atoms with Gasteiger partial charge in [0, 0.05) is 27.6 Å². The van der Waals surface area contributed by atoms with Crippen LogP contribution in [-0.2, 0) is 10.8 Å². The van der Waals surface area contributed by atoms with Crippen LogP contribution in [0.5, 0.6) is 0 Å². The molecule has 0 bridgehead atoms. The molecule has 0 aliphatic carbocycles. The number of hydrogen-bond acceptors (Lipinski definition) is 1. The highest BCUT2D eigenvalue weighted by Gasteiger charge is 1.94. The summed E-state index contributed by atoms with van der Waals surface area (Å²) in [4.78, 5) is 0. The molecular formula is C8H17BrOS. The van der Waals surface area contributed by atoms with E-state index < -0.39 is 10.8 Å². The molecule has 0 aliphatic heterocycles. The molecule has 0 aliphatic rings. The summed E-state index contributed by atoms with van der Waals surface area (Å²) in [6.07, 6.45) is 4.88. The smallest absolute Gasteiger partial charge is 0.0234 e. The summed E-state index contributed by atoms with van der Waals surface area (Å²) in [6.45, 7) is 1.98. The highest BCUT2D eigenvalue weighted by atomic mass is 79.9. The van der Waals surface area contributed by atoms with Crippen LogP contribution in [0.15, 0.2) is 0 Å². The third-order valence-electron chi connectivity index (χ3n) is 1.58. The Hall–Kier alpha value is 0.630. The summed E-state index contributed by atoms with van der Waals surface area (Å²) in [5, 5.41) is 1.10. The molecule has 0 amide bonds. The minimum Gasteiger partial charge on any atom is -0.260 e. The molecule has 1 nitrogen and oxygen atoms in total. The Balaban J connectivity index is 2.95. The molecule has 0 spiro atoms. The predicted molar refractivity (Wildman–Crippen MR) is 55.8 cm³/mol. The fourth-order valence-corrected chi connectivity index (χ4v) is 2.07. The Bertz CT molecular complexity index is 106. The molecule has 0 saturated carbocycles. The first-order chi connectivity index (χ1) is 5.31. The van der Waals surface area contributed by atoms with E-state index in [-0.39, 0.29) is 0 Å². The maximum absolute atomic E-state index is 10.9. The van der Waals surface area contributed by atoms with E-state index in [1.165, 1.54) is 19.3 Å². The maximum Gasteiger partial charge on any atom is 0.0234 e. The van der Waals surface area contributed by atoms with Crippen LogP contribution in [0.2, 0.25) is 0 Å². The fourth-order valence-electron chi connectivity index (χ4n) is 0.855. The van der Waals surface area contributed by atoms with Gasteiger partial charge in [-0.15, -0.1) is 0 Å². The quantitative estimate of drug-likeness (QED) is 0.494. The van der Waals surface area contributed by atoms with E-state index in [1.54, 1.807) is 0 Å². The largest absolute Gasteiger partial charge is 0.260 e. The molecule has 1 atom stereocenters. The van der Waals surface area contributed by atoms with Gasteiger partial charge >= 0.3 is 0 Å². The number of halogens is 1. The lowest BCUT2D eigenvalue weighted by molar-refractivity contribution is 0.670. The average molecular weight is 241 g/mol. The molecular weight excluding hydrogens is 224 g/mol. The van der Waals surface area contributed by atoms with Crippen LogP contribution in [0.1, 0.15) is 32.6 Å². The first kappa shape index (κ1) is 11.6. The van der Waals surface area contributed by atoms with Crippen molar-refractivity contribution in [2.45, 2.75) is 32.6 Å². The van der Waals surface area contributed by atoms with Gasteiger partial charge in [0.05, 0.1) is 0 Å². The van der Waals surface area contributed by atoms with Gasteiger partial charge in [0.2, 0.25) is 0 Å². The lowest BCUT2D eigenvalue weighted by Crippen LogP contribution is -1.99. The zero-order chi connectivity index (χ0) is 8.53. The van der Waals surface area contributed by atoms with Crippen LogP contribution >= 0.6 is 15.9 Å². The van der Waals surface area contributed by atoms with Gasteiger partial charge in [-0.25, -0.2) is 0 Å². The van der Waals surface area contributed by atoms with E-state index in [0.717, 1.165) is 23.3 Å². The van der Waals surface area contributed by atoms with Crippen molar-refractivity contribution in [3.8, 4) is 0 Å². The molecule has 0 rings (SSSR count). The van der Waals surface area contributed by atoms with E-state index in [0.29, 0.717) is 0 Å². The summed E-state index contributed by atoms with van der Waals surface area (Å²) >= 11 is 3.38. The van der Waals surface area contributed by atoms with Crippen LogP contribution in [0.3, 0.4) is 0 Å². The second-order valence-corrected chi connectivity index (χ2v) is 5.19. The van der Waals surface area contributed by atoms with Crippen molar-refractivity contribution in [3.05, 3.63) is 0 Å². The van der Waals surface area contributed by atoms with Gasteiger partial charge in [0.15, 0.2) is 0 Å². The maximum atomic E-state index is 10.9. The molecule has 0 aromatic heterocycles. The molecule has 0 saturated heterocycles. The monoisotopic (exact) mass is 240 g/mol.